The Morgan fingerprint density at radius 3 is 1.71 bits per heavy atom. The van der Waals surface area contributed by atoms with Crippen molar-refractivity contribution in [3.63, 3.8) is 0 Å². The number of phenols is 3. The second-order valence-electron chi connectivity index (χ2n) is 9.55. The Kier molecular flexibility index (Phi) is 7.24. The summed E-state index contributed by atoms with van der Waals surface area (Å²) in [4.78, 5) is 15.1. The lowest BCUT2D eigenvalue weighted by atomic mass is 10.0. The lowest BCUT2D eigenvalue weighted by Crippen LogP contribution is -1.86. The highest BCUT2D eigenvalue weighted by molar-refractivity contribution is 9.10. The maximum atomic E-state index is 9.77. The number of H-pyrrole nitrogens is 2. The SMILES string of the molecule is COc1cc(-c2cnc3[nH]cc(-c4ccc(O)cc4)c3c2)ccc1O.Oc1ccc(-c2c[nH]c3ncc(Br)cc23)cc1. The molecule has 0 atom stereocenters. The minimum absolute atomic E-state index is 0.103. The summed E-state index contributed by atoms with van der Waals surface area (Å²) in [5, 5.41) is 30.6. The summed E-state index contributed by atoms with van der Waals surface area (Å²) in [6, 6.07) is 23.5. The van der Waals surface area contributed by atoms with E-state index in [2.05, 4.69) is 35.9 Å². The van der Waals surface area contributed by atoms with E-state index in [4.69, 9.17) is 4.74 Å². The standard InChI is InChI=1S/C20H16N2O3.C13H9BrN2O/c1-25-19-9-13(4-7-18(19)24)14-8-16-17(11-22-20(16)21-10-14)12-2-5-15(23)6-3-12;14-9-5-11-12(7-16-13(11)15-6-9)8-1-3-10(17)4-2-8/h2-11,23-24H,1H3,(H,21,22);1-7,17H,(H,15,16). The number of methoxy groups -OCH3 is 1. The summed E-state index contributed by atoms with van der Waals surface area (Å²) in [6.45, 7) is 0. The van der Waals surface area contributed by atoms with E-state index in [1.54, 1.807) is 48.8 Å². The third-order valence-corrected chi connectivity index (χ3v) is 7.33. The fraction of sp³-hybridized carbons (Fsp3) is 0.0303. The summed E-state index contributed by atoms with van der Waals surface area (Å²) in [5.41, 5.74) is 7.60. The van der Waals surface area contributed by atoms with Crippen LogP contribution in [0.3, 0.4) is 0 Å². The maximum absolute atomic E-state index is 9.77. The predicted molar refractivity (Wildman–Crippen MR) is 168 cm³/mol. The number of rotatable bonds is 4. The lowest BCUT2D eigenvalue weighted by molar-refractivity contribution is 0.373. The fourth-order valence-corrected chi connectivity index (χ4v) is 5.09. The smallest absolute Gasteiger partial charge is 0.161 e. The topological polar surface area (TPSA) is 127 Å². The van der Waals surface area contributed by atoms with Crippen molar-refractivity contribution in [3.05, 3.63) is 108 Å². The molecule has 3 aromatic carbocycles. The molecule has 0 radical (unpaired) electrons. The summed E-state index contributed by atoms with van der Waals surface area (Å²) >= 11 is 3.42. The highest BCUT2D eigenvalue weighted by atomic mass is 79.9. The molecule has 4 heterocycles. The fourth-order valence-electron chi connectivity index (χ4n) is 4.76. The molecule has 4 aromatic heterocycles. The van der Waals surface area contributed by atoms with Gasteiger partial charge in [-0.25, -0.2) is 9.97 Å². The molecule has 0 fully saturated rings. The number of pyridine rings is 2. The molecular weight excluding hydrogens is 596 g/mol. The van der Waals surface area contributed by atoms with Gasteiger partial charge < -0.3 is 30.0 Å². The summed E-state index contributed by atoms with van der Waals surface area (Å²) in [6.07, 6.45) is 7.38. The molecule has 0 saturated carbocycles. The monoisotopic (exact) mass is 620 g/mol. The van der Waals surface area contributed by atoms with E-state index >= 15 is 0 Å². The molecular formula is C33H25BrN4O4. The highest BCUT2D eigenvalue weighted by Crippen LogP contribution is 2.35. The molecule has 0 bridgehead atoms. The quantitative estimate of drug-likeness (QED) is 0.136. The van der Waals surface area contributed by atoms with Crippen LogP contribution in [0.15, 0.2) is 108 Å². The number of hydrogen-bond acceptors (Lipinski definition) is 6. The van der Waals surface area contributed by atoms with E-state index in [9.17, 15) is 15.3 Å². The second-order valence-corrected chi connectivity index (χ2v) is 10.5. The van der Waals surface area contributed by atoms with Crippen LogP contribution in [0.2, 0.25) is 0 Å². The van der Waals surface area contributed by atoms with Crippen molar-refractivity contribution in [1.82, 2.24) is 19.9 Å². The van der Waals surface area contributed by atoms with E-state index in [1.807, 2.05) is 54.9 Å². The third-order valence-electron chi connectivity index (χ3n) is 6.90. The minimum Gasteiger partial charge on any atom is -0.508 e. The van der Waals surface area contributed by atoms with Gasteiger partial charge in [-0.2, -0.15) is 0 Å². The molecule has 0 unspecified atom stereocenters. The van der Waals surface area contributed by atoms with Gasteiger partial charge in [0, 0.05) is 56.7 Å². The largest absolute Gasteiger partial charge is 0.508 e. The van der Waals surface area contributed by atoms with Crippen molar-refractivity contribution in [1.29, 1.82) is 0 Å². The molecule has 0 amide bonds. The van der Waals surface area contributed by atoms with Gasteiger partial charge in [-0.3, -0.25) is 0 Å². The molecule has 208 valence electrons. The van der Waals surface area contributed by atoms with Gasteiger partial charge in [-0.1, -0.05) is 30.3 Å². The number of aromatic amines is 2. The Hall–Kier alpha value is -5.28. The number of fused-ring (bicyclic) bond motifs is 2. The molecule has 0 aliphatic heterocycles. The van der Waals surface area contributed by atoms with Crippen molar-refractivity contribution in [2.45, 2.75) is 0 Å². The van der Waals surface area contributed by atoms with Gasteiger partial charge in [0.25, 0.3) is 0 Å². The Bertz CT molecular complexity index is 2020. The van der Waals surface area contributed by atoms with Crippen LogP contribution in [-0.2, 0) is 0 Å². The van der Waals surface area contributed by atoms with Crippen molar-refractivity contribution in [2.75, 3.05) is 7.11 Å². The van der Waals surface area contributed by atoms with Crippen LogP contribution in [0.5, 0.6) is 23.0 Å². The summed E-state index contributed by atoms with van der Waals surface area (Å²) in [7, 11) is 1.52. The first-order chi connectivity index (χ1) is 20.4. The maximum Gasteiger partial charge on any atom is 0.161 e. The van der Waals surface area contributed by atoms with Gasteiger partial charge in [0.05, 0.1) is 7.11 Å². The third kappa shape index (κ3) is 5.37. The molecule has 0 spiro atoms. The van der Waals surface area contributed by atoms with E-state index in [0.717, 1.165) is 59.9 Å². The Morgan fingerprint density at radius 1 is 0.619 bits per heavy atom. The van der Waals surface area contributed by atoms with Crippen LogP contribution in [-0.4, -0.2) is 42.4 Å². The number of nitrogens with zero attached hydrogens (tertiary/aromatic N) is 2. The number of hydrogen-bond donors (Lipinski definition) is 5. The summed E-state index contributed by atoms with van der Waals surface area (Å²) < 4.78 is 6.13. The van der Waals surface area contributed by atoms with Crippen LogP contribution in [0.4, 0.5) is 0 Å². The molecule has 0 saturated heterocycles. The van der Waals surface area contributed by atoms with Crippen LogP contribution >= 0.6 is 15.9 Å². The molecule has 0 aliphatic carbocycles. The molecule has 42 heavy (non-hydrogen) atoms. The highest BCUT2D eigenvalue weighted by Gasteiger charge is 2.11. The van der Waals surface area contributed by atoms with Gasteiger partial charge in [-0.15, -0.1) is 0 Å². The van der Waals surface area contributed by atoms with Gasteiger partial charge >= 0.3 is 0 Å². The number of halogens is 1. The van der Waals surface area contributed by atoms with Crippen molar-refractivity contribution in [3.8, 4) is 56.4 Å². The first-order valence-electron chi connectivity index (χ1n) is 13.0. The Balaban J connectivity index is 0.000000162. The number of aromatic nitrogens is 4. The van der Waals surface area contributed by atoms with Crippen LogP contribution in [0, 0.1) is 0 Å². The molecule has 8 nitrogen and oxygen atoms in total. The van der Waals surface area contributed by atoms with Gasteiger partial charge in [0.15, 0.2) is 11.5 Å². The second kappa shape index (κ2) is 11.3. The van der Waals surface area contributed by atoms with Crippen molar-refractivity contribution >= 4 is 38.0 Å². The van der Waals surface area contributed by atoms with Crippen LogP contribution in [0.25, 0.3) is 55.4 Å². The number of benzene rings is 3. The zero-order valence-corrected chi connectivity index (χ0v) is 23.9. The number of nitrogens with one attached hydrogen (secondary N) is 2. The van der Waals surface area contributed by atoms with Crippen LogP contribution in [0.1, 0.15) is 0 Å². The van der Waals surface area contributed by atoms with Gasteiger partial charge in [0.1, 0.15) is 22.8 Å². The Labute approximate surface area is 249 Å². The van der Waals surface area contributed by atoms with E-state index < -0.39 is 0 Å². The zero-order chi connectivity index (χ0) is 29.2. The van der Waals surface area contributed by atoms with Crippen molar-refractivity contribution in [2.24, 2.45) is 0 Å². The van der Waals surface area contributed by atoms with E-state index in [1.165, 1.54) is 7.11 Å². The van der Waals surface area contributed by atoms with Crippen molar-refractivity contribution < 1.29 is 20.1 Å². The molecule has 9 heteroatoms. The minimum atomic E-state index is 0.103. The van der Waals surface area contributed by atoms with E-state index in [0.29, 0.717) is 5.75 Å². The number of aromatic hydroxyl groups is 3. The zero-order valence-electron chi connectivity index (χ0n) is 22.3. The van der Waals surface area contributed by atoms with Gasteiger partial charge in [0.2, 0.25) is 0 Å². The van der Waals surface area contributed by atoms with Crippen LogP contribution < -0.4 is 4.74 Å². The van der Waals surface area contributed by atoms with Gasteiger partial charge in [-0.05, 0) is 81.2 Å². The summed E-state index contributed by atoms with van der Waals surface area (Å²) in [5.74, 6) is 1.03. The number of ether oxygens (including phenoxy) is 1. The lowest BCUT2D eigenvalue weighted by Gasteiger charge is -2.07. The number of phenolic OH excluding ortho intramolecular Hbond substituents is 3. The first-order valence-corrected chi connectivity index (χ1v) is 13.7. The Morgan fingerprint density at radius 2 is 1.14 bits per heavy atom. The average Bonchev–Trinajstić information content (AvgIpc) is 3.62. The molecule has 7 rings (SSSR count). The average molecular weight is 621 g/mol. The normalized spacial score (nSPS) is 10.9. The first kappa shape index (κ1) is 26.9. The van der Waals surface area contributed by atoms with E-state index in [-0.39, 0.29) is 17.2 Å². The predicted octanol–water partition coefficient (Wildman–Crippen LogP) is 8.01. The molecule has 0 aliphatic rings. The molecule has 5 N–H and O–H groups in total. The molecule has 7 aromatic rings.